The normalized spacial score (nSPS) is 17.9. The molecule has 35 heavy (non-hydrogen) atoms. The molecule has 2 aliphatic heterocycles. The highest BCUT2D eigenvalue weighted by Gasteiger charge is 2.28. The van der Waals surface area contributed by atoms with Crippen molar-refractivity contribution in [2.45, 2.75) is 19.4 Å². The van der Waals surface area contributed by atoms with E-state index in [1.807, 2.05) is 36.4 Å². The molecule has 3 aromatic carbocycles. The van der Waals surface area contributed by atoms with E-state index in [0.29, 0.717) is 22.6 Å². The van der Waals surface area contributed by atoms with Crippen molar-refractivity contribution in [2.75, 3.05) is 35.2 Å². The second kappa shape index (κ2) is 10.1. The Hall–Kier alpha value is -3.97. The molecule has 0 bridgehead atoms. The molecule has 1 fully saturated rings. The zero-order chi connectivity index (χ0) is 24.2. The third kappa shape index (κ3) is 5.25. The summed E-state index contributed by atoms with van der Waals surface area (Å²) < 4.78 is 0. The minimum atomic E-state index is -0.256. The number of amides is 3. The molecule has 2 N–H and O–H groups in total. The average Bonchev–Trinajstić information content (AvgIpc) is 2.89. The fourth-order valence-corrected chi connectivity index (χ4v) is 4.77. The van der Waals surface area contributed by atoms with Crippen molar-refractivity contribution >= 4 is 34.8 Å². The summed E-state index contributed by atoms with van der Waals surface area (Å²) in [6, 6.07) is 24.4. The molecule has 0 spiro atoms. The van der Waals surface area contributed by atoms with Gasteiger partial charge in [-0.1, -0.05) is 42.5 Å². The van der Waals surface area contributed by atoms with Crippen LogP contribution in [0.5, 0.6) is 0 Å². The summed E-state index contributed by atoms with van der Waals surface area (Å²) in [5.41, 5.74) is 3.66. The number of likely N-dealkylation sites (tertiary alicyclic amines) is 1. The second-order valence-electron chi connectivity index (χ2n) is 9.08. The Morgan fingerprint density at radius 3 is 2.49 bits per heavy atom. The molecule has 178 valence electrons. The highest BCUT2D eigenvalue weighted by Crippen LogP contribution is 2.30. The summed E-state index contributed by atoms with van der Waals surface area (Å²) in [4.78, 5) is 42.0. The molecule has 3 amide bonds. The first-order valence-corrected chi connectivity index (χ1v) is 11.9. The Morgan fingerprint density at radius 2 is 1.69 bits per heavy atom. The largest absolute Gasteiger partial charge is 0.326 e. The van der Waals surface area contributed by atoms with Crippen molar-refractivity contribution in [2.24, 2.45) is 5.92 Å². The minimum absolute atomic E-state index is 0.00321. The van der Waals surface area contributed by atoms with Crippen molar-refractivity contribution in [3.05, 3.63) is 90.0 Å². The smallest absolute Gasteiger partial charge is 0.258 e. The van der Waals surface area contributed by atoms with Crippen LogP contribution in [0.15, 0.2) is 78.9 Å². The standard InChI is InChI=1S/C28H28N4O3/c33-26-19-32(25-11-5-4-10-24(25)30-26)28(35)21-12-14-23(15-13-21)29-27(34)22-9-6-16-31(18-22)17-20-7-2-1-3-8-20/h1-5,7-8,10-15,22H,6,9,16-19H2,(H,29,34)(H,30,33). The van der Waals surface area contributed by atoms with Crippen LogP contribution >= 0.6 is 0 Å². The highest BCUT2D eigenvalue weighted by molar-refractivity contribution is 6.15. The van der Waals surface area contributed by atoms with Gasteiger partial charge in [-0.25, -0.2) is 0 Å². The van der Waals surface area contributed by atoms with Crippen LogP contribution in [-0.2, 0) is 16.1 Å². The van der Waals surface area contributed by atoms with Gasteiger partial charge in [-0.2, -0.15) is 0 Å². The monoisotopic (exact) mass is 468 g/mol. The summed E-state index contributed by atoms with van der Waals surface area (Å²) in [5, 5.41) is 5.80. The number of para-hydroxylation sites is 2. The van der Waals surface area contributed by atoms with Crippen LogP contribution in [0.3, 0.4) is 0 Å². The number of piperidine rings is 1. The summed E-state index contributed by atoms with van der Waals surface area (Å²) in [6.45, 7) is 2.54. The highest BCUT2D eigenvalue weighted by atomic mass is 16.2. The first-order chi connectivity index (χ1) is 17.1. The first kappa shape index (κ1) is 22.8. The van der Waals surface area contributed by atoms with Gasteiger partial charge in [-0.15, -0.1) is 0 Å². The molecule has 3 aromatic rings. The Balaban J connectivity index is 1.21. The van der Waals surface area contributed by atoms with Crippen molar-refractivity contribution in [3.63, 3.8) is 0 Å². The van der Waals surface area contributed by atoms with Crippen LogP contribution in [0, 0.1) is 5.92 Å². The minimum Gasteiger partial charge on any atom is -0.326 e. The van der Waals surface area contributed by atoms with E-state index in [-0.39, 0.29) is 30.2 Å². The number of rotatable bonds is 5. The summed E-state index contributed by atoms with van der Waals surface area (Å²) in [5.74, 6) is -0.552. The Kier molecular flexibility index (Phi) is 6.59. The number of carbonyl (C=O) groups is 3. The molecule has 2 aliphatic rings. The van der Waals surface area contributed by atoms with Gasteiger partial charge in [-0.05, 0) is 61.3 Å². The number of fused-ring (bicyclic) bond motifs is 1. The molecule has 2 heterocycles. The number of carbonyl (C=O) groups excluding carboxylic acids is 3. The Bertz CT molecular complexity index is 1230. The van der Waals surface area contributed by atoms with E-state index in [1.165, 1.54) is 10.5 Å². The van der Waals surface area contributed by atoms with E-state index >= 15 is 0 Å². The zero-order valence-electron chi connectivity index (χ0n) is 19.4. The van der Waals surface area contributed by atoms with E-state index in [0.717, 1.165) is 32.5 Å². The quantitative estimate of drug-likeness (QED) is 0.590. The lowest BCUT2D eigenvalue weighted by atomic mass is 9.96. The maximum Gasteiger partial charge on any atom is 0.258 e. The zero-order valence-corrected chi connectivity index (χ0v) is 19.4. The number of nitrogens with one attached hydrogen (secondary N) is 2. The predicted molar refractivity (Wildman–Crippen MR) is 136 cm³/mol. The molecule has 1 unspecified atom stereocenters. The van der Waals surface area contributed by atoms with E-state index in [2.05, 4.69) is 27.7 Å². The average molecular weight is 469 g/mol. The van der Waals surface area contributed by atoms with Gasteiger partial charge in [0.2, 0.25) is 11.8 Å². The lowest BCUT2D eigenvalue weighted by Crippen LogP contribution is -2.42. The van der Waals surface area contributed by atoms with Crippen molar-refractivity contribution in [3.8, 4) is 0 Å². The molecule has 7 nitrogen and oxygen atoms in total. The fourth-order valence-electron chi connectivity index (χ4n) is 4.77. The molecule has 0 aromatic heterocycles. The van der Waals surface area contributed by atoms with Crippen LogP contribution in [0.1, 0.15) is 28.8 Å². The molecular formula is C28H28N4O3. The predicted octanol–water partition coefficient (Wildman–Crippen LogP) is 4.14. The topological polar surface area (TPSA) is 81.8 Å². The van der Waals surface area contributed by atoms with Crippen molar-refractivity contribution in [1.29, 1.82) is 0 Å². The number of hydrogen-bond donors (Lipinski definition) is 2. The van der Waals surface area contributed by atoms with Crippen molar-refractivity contribution in [1.82, 2.24) is 4.90 Å². The van der Waals surface area contributed by atoms with Gasteiger partial charge in [-0.3, -0.25) is 24.2 Å². The molecule has 7 heteroatoms. The molecule has 0 saturated carbocycles. The third-order valence-corrected chi connectivity index (χ3v) is 6.54. The van der Waals surface area contributed by atoms with Crippen LogP contribution in [0.2, 0.25) is 0 Å². The number of nitrogens with zero attached hydrogens (tertiary/aromatic N) is 2. The molecule has 1 saturated heterocycles. The molecule has 5 rings (SSSR count). The summed E-state index contributed by atoms with van der Waals surface area (Å²) in [7, 11) is 0. The number of benzene rings is 3. The lowest BCUT2D eigenvalue weighted by molar-refractivity contribution is -0.121. The molecule has 1 atom stereocenters. The third-order valence-electron chi connectivity index (χ3n) is 6.54. The lowest BCUT2D eigenvalue weighted by Gasteiger charge is -2.32. The van der Waals surface area contributed by atoms with E-state index in [1.54, 1.807) is 30.3 Å². The van der Waals surface area contributed by atoms with Gasteiger partial charge < -0.3 is 10.6 Å². The van der Waals surface area contributed by atoms with Crippen molar-refractivity contribution < 1.29 is 14.4 Å². The van der Waals surface area contributed by atoms with Crippen LogP contribution in [0.4, 0.5) is 17.1 Å². The maximum atomic E-state index is 13.1. The first-order valence-electron chi connectivity index (χ1n) is 11.9. The van der Waals surface area contributed by atoms with E-state index in [9.17, 15) is 14.4 Å². The molecule has 0 radical (unpaired) electrons. The van der Waals surface area contributed by atoms with Gasteiger partial charge >= 0.3 is 0 Å². The Morgan fingerprint density at radius 1 is 0.943 bits per heavy atom. The number of anilines is 3. The van der Waals surface area contributed by atoms with Gasteiger partial charge in [0.1, 0.15) is 6.54 Å². The van der Waals surface area contributed by atoms with Crippen LogP contribution < -0.4 is 15.5 Å². The SMILES string of the molecule is O=C1CN(C(=O)c2ccc(NC(=O)C3CCCN(Cc4ccccc4)C3)cc2)c2ccccc2N1. The molecule has 0 aliphatic carbocycles. The van der Waals surface area contributed by atoms with E-state index in [4.69, 9.17) is 0 Å². The van der Waals surface area contributed by atoms with Gasteiger partial charge in [0.15, 0.2) is 0 Å². The molecular weight excluding hydrogens is 440 g/mol. The Labute approximate surface area is 204 Å². The summed E-state index contributed by atoms with van der Waals surface area (Å²) in [6.07, 6.45) is 1.85. The summed E-state index contributed by atoms with van der Waals surface area (Å²) >= 11 is 0. The maximum absolute atomic E-state index is 13.1. The van der Waals surface area contributed by atoms with E-state index < -0.39 is 0 Å². The van der Waals surface area contributed by atoms with Crippen LogP contribution in [-0.4, -0.2) is 42.3 Å². The van der Waals surface area contributed by atoms with Gasteiger partial charge in [0.25, 0.3) is 5.91 Å². The van der Waals surface area contributed by atoms with Gasteiger partial charge in [0.05, 0.1) is 17.3 Å². The van der Waals surface area contributed by atoms with Crippen LogP contribution in [0.25, 0.3) is 0 Å². The second-order valence-corrected chi connectivity index (χ2v) is 9.08. The number of hydrogen-bond acceptors (Lipinski definition) is 4. The van der Waals surface area contributed by atoms with Gasteiger partial charge in [0, 0.05) is 24.3 Å². The fraction of sp³-hybridized carbons (Fsp3) is 0.250.